The van der Waals surface area contributed by atoms with Gasteiger partial charge in [-0.2, -0.15) is 0 Å². The highest BCUT2D eigenvalue weighted by atomic mass is 35.5. The van der Waals surface area contributed by atoms with E-state index in [0.29, 0.717) is 5.92 Å². The second kappa shape index (κ2) is 7.39. The molecule has 0 bridgehead atoms. The van der Waals surface area contributed by atoms with E-state index in [1.54, 1.807) is 11.9 Å². The first-order valence-corrected chi connectivity index (χ1v) is 5.99. The Bertz CT molecular complexity index is 376. The number of amides is 1. The van der Waals surface area contributed by atoms with Gasteiger partial charge >= 0.3 is 0 Å². The van der Waals surface area contributed by atoms with E-state index in [0.717, 1.165) is 12.1 Å². The Morgan fingerprint density at radius 1 is 1.28 bits per heavy atom. The van der Waals surface area contributed by atoms with Crippen LogP contribution in [-0.2, 0) is 4.79 Å². The van der Waals surface area contributed by atoms with E-state index < -0.39 is 6.04 Å². The predicted molar refractivity (Wildman–Crippen MR) is 77.8 cm³/mol. The molecule has 1 amide bonds. The molecule has 2 N–H and O–H groups in total. The second-order valence-electron chi connectivity index (χ2n) is 5.00. The van der Waals surface area contributed by atoms with Crippen molar-refractivity contribution in [2.45, 2.75) is 26.8 Å². The zero-order chi connectivity index (χ0) is 13.0. The molecule has 0 radical (unpaired) electrons. The molecule has 18 heavy (non-hydrogen) atoms. The van der Waals surface area contributed by atoms with E-state index in [4.69, 9.17) is 5.73 Å². The van der Waals surface area contributed by atoms with Crippen LogP contribution in [0.15, 0.2) is 24.3 Å². The number of carbonyl (C=O) groups excluding carboxylic acids is 1. The monoisotopic (exact) mass is 270 g/mol. The molecule has 0 fully saturated rings. The third kappa shape index (κ3) is 4.67. The minimum absolute atomic E-state index is 0. The third-order valence-corrected chi connectivity index (χ3v) is 2.72. The minimum Gasteiger partial charge on any atom is -0.344 e. The quantitative estimate of drug-likeness (QED) is 0.914. The largest absolute Gasteiger partial charge is 0.344 e. The highest BCUT2D eigenvalue weighted by molar-refractivity contribution is 5.85. The molecule has 1 aromatic rings. The van der Waals surface area contributed by atoms with Gasteiger partial charge in [-0.1, -0.05) is 43.7 Å². The first kappa shape index (κ1) is 16.9. The van der Waals surface area contributed by atoms with Crippen LogP contribution >= 0.6 is 12.4 Å². The molecular formula is C14H23ClN2O. The van der Waals surface area contributed by atoms with Gasteiger partial charge in [-0.25, -0.2) is 0 Å². The van der Waals surface area contributed by atoms with Gasteiger partial charge in [0.25, 0.3) is 0 Å². The lowest BCUT2D eigenvalue weighted by molar-refractivity contribution is -0.131. The fourth-order valence-corrected chi connectivity index (χ4v) is 1.79. The summed E-state index contributed by atoms with van der Waals surface area (Å²) in [6.07, 6.45) is 0. The molecule has 4 heteroatoms. The van der Waals surface area contributed by atoms with Crippen molar-refractivity contribution in [2.24, 2.45) is 11.7 Å². The van der Waals surface area contributed by atoms with Gasteiger partial charge in [0.2, 0.25) is 5.91 Å². The maximum atomic E-state index is 12.1. The van der Waals surface area contributed by atoms with Crippen LogP contribution in [0.1, 0.15) is 31.0 Å². The fraction of sp³-hybridized carbons (Fsp3) is 0.500. The number of hydrogen-bond acceptors (Lipinski definition) is 2. The van der Waals surface area contributed by atoms with Crippen LogP contribution in [0.25, 0.3) is 0 Å². The topological polar surface area (TPSA) is 46.3 Å². The second-order valence-corrected chi connectivity index (χ2v) is 5.00. The SMILES string of the molecule is Cc1ccc(C(N)C(=O)N(C)CC(C)C)cc1.Cl. The van der Waals surface area contributed by atoms with Crippen molar-refractivity contribution in [1.82, 2.24) is 4.90 Å². The molecule has 0 aromatic heterocycles. The maximum Gasteiger partial charge on any atom is 0.243 e. The Hall–Kier alpha value is -1.06. The zero-order valence-electron chi connectivity index (χ0n) is 11.5. The lowest BCUT2D eigenvalue weighted by Crippen LogP contribution is -2.37. The van der Waals surface area contributed by atoms with Gasteiger partial charge in [0, 0.05) is 13.6 Å². The van der Waals surface area contributed by atoms with Crippen molar-refractivity contribution in [3.8, 4) is 0 Å². The Balaban J connectivity index is 0.00000289. The van der Waals surface area contributed by atoms with Crippen LogP contribution in [0.2, 0.25) is 0 Å². The number of likely N-dealkylation sites (N-methyl/N-ethyl adjacent to an activating group) is 1. The smallest absolute Gasteiger partial charge is 0.243 e. The number of nitrogens with zero attached hydrogens (tertiary/aromatic N) is 1. The summed E-state index contributed by atoms with van der Waals surface area (Å²) in [4.78, 5) is 13.8. The van der Waals surface area contributed by atoms with Crippen molar-refractivity contribution in [2.75, 3.05) is 13.6 Å². The summed E-state index contributed by atoms with van der Waals surface area (Å²) in [7, 11) is 1.80. The van der Waals surface area contributed by atoms with E-state index in [1.165, 1.54) is 5.56 Å². The van der Waals surface area contributed by atoms with Crippen LogP contribution in [0.5, 0.6) is 0 Å². The first-order valence-electron chi connectivity index (χ1n) is 5.99. The van der Waals surface area contributed by atoms with Crippen molar-refractivity contribution in [3.05, 3.63) is 35.4 Å². The molecule has 0 heterocycles. The fourth-order valence-electron chi connectivity index (χ4n) is 1.79. The Morgan fingerprint density at radius 3 is 2.22 bits per heavy atom. The highest BCUT2D eigenvalue weighted by Crippen LogP contribution is 2.14. The van der Waals surface area contributed by atoms with E-state index >= 15 is 0 Å². The van der Waals surface area contributed by atoms with Gasteiger partial charge < -0.3 is 10.6 Å². The van der Waals surface area contributed by atoms with Crippen molar-refractivity contribution in [3.63, 3.8) is 0 Å². The Labute approximate surface area is 116 Å². The molecule has 0 saturated carbocycles. The van der Waals surface area contributed by atoms with Gasteiger partial charge in [-0.15, -0.1) is 12.4 Å². The van der Waals surface area contributed by atoms with Crippen LogP contribution in [-0.4, -0.2) is 24.4 Å². The third-order valence-electron chi connectivity index (χ3n) is 2.72. The highest BCUT2D eigenvalue weighted by Gasteiger charge is 2.19. The van der Waals surface area contributed by atoms with Gasteiger partial charge in [-0.05, 0) is 18.4 Å². The number of aryl methyl sites for hydroxylation is 1. The Morgan fingerprint density at radius 2 is 1.78 bits per heavy atom. The summed E-state index contributed by atoms with van der Waals surface area (Å²) in [5.74, 6) is 0.428. The molecule has 1 unspecified atom stereocenters. The summed E-state index contributed by atoms with van der Waals surface area (Å²) in [5.41, 5.74) is 8.02. The number of nitrogens with two attached hydrogens (primary N) is 1. The Kier molecular flexibility index (Phi) is 6.96. The first-order chi connectivity index (χ1) is 7.91. The number of halogens is 1. The molecule has 1 rings (SSSR count). The summed E-state index contributed by atoms with van der Waals surface area (Å²) < 4.78 is 0. The van der Waals surface area contributed by atoms with Gasteiger partial charge in [-0.3, -0.25) is 4.79 Å². The van der Waals surface area contributed by atoms with E-state index in [1.807, 2.05) is 31.2 Å². The van der Waals surface area contributed by atoms with Crippen molar-refractivity contribution in [1.29, 1.82) is 0 Å². The van der Waals surface area contributed by atoms with Gasteiger partial charge in [0.05, 0.1) is 0 Å². The van der Waals surface area contributed by atoms with Crippen LogP contribution in [0, 0.1) is 12.8 Å². The maximum absolute atomic E-state index is 12.1. The van der Waals surface area contributed by atoms with Crippen LogP contribution in [0.3, 0.4) is 0 Å². The molecule has 0 aliphatic carbocycles. The molecule has 0 spiro atoms. The van der Waals surface area contributed by atoms with E-state index in [-0.39, 0.29) is 18.3 Å². The van der Waals surface area contributed by atoms with Crippen molar-refractivity contribution >= 4 is 18.3 Å². The minimum atomic E-state index is -0.556. The summed E-state index contributed by atoms with van der Waals surface area (Å²) in [6, 6.07) is 7.23. The number of benzene rings is 1. The molecule has 102 valence electrons. The normalized spacial score (nSPS) is 11.9. The molecule has 1 aromatic carbocycles. The molecular weight excluding hydrogens is 248 g/mol. The average molecular weight is 271 g/mol. The van der Waals surface area contributed by atoms with Crippen LogP contribution < -0.4 is 5.73 Å². The van der Waals surface area contributed by atoms with Gasteiger partial charge in [0.15, 0.2) is 0 Å². The lowest BCUT2D eigenvalue weighted by atomic mass is 10.0. The van der Waals surface area contributed by atoms with Crippen LogP contribution in [0.4, 0.5) is 0 Å². The van der Waals surface area contributed by atoms with Crippen molar-refractivity contribution < 1.29 is 4.79 Å². The molecule has 0 aliphatic heterocycles. The number of carbonyl (C=O) groups is 1. The predicted octanol–water partition coefficient (Wildman–Crippen LogP) is 2.53. The number of rotatable bonds is 4. The van der Waals surface area contributed by atoms with E-state index in [9.17, 15) is 4.79 Å². The summed E-state index contributed by atoms with van der Waals surface area (Å²) in [6.45, 7) is 6.92. The molecule has 3 nitrogen and oxygen atoms in total. The zero-order valence-corrected chi connectivity index (χ0v) is 12.3. The van der Waals surface area contributed by atoms with E-state index in [2.05, 4.69) is 13.8 Å². The standard InChI is InChI=1S/C14H22N2O.ClH/c1-10(2)9-16(4)14(17)13(15)12-7-5-11(3)6-8-12;/h5-8,10,13H,9,15H2,1-4H3;1H. The average Bonchev–Trinajstić information content (AvgIpc) is 2.27. The molecule has 1 atom stereocenters. The summed E-state index contributed by atoms with van der Waals surface area (Å²) in [5, 5.41) is 0. The molecule has 0 saturated heterocycles. The number of hydrogen-bond donors (Lipinski definition) is 1. The van der Waals surface area contributed by atoms with Gasteiger partial charge in [0.1, 0.15) is 6.04 Å². The lowest BCUT2D eigenvalue weighted by Gasteiger charge is -2.23. The molecule has 0 aliphatic rings. The summed E-state index contributed by atoms with van der Waals surface area (Å²) >= 11 is 0.